The third-order valence-electron chi connectivity index (χ3n) is 3.78. The van der Waals surface area contributed by atoms with Crippen molar-refractivity contribution in [3.63, 3.8) is 0 Å². The van der Waals surface area contributed by atoms with E-state index in [-0.39, 0.29) is 11.8 Å². The first kappa shape index (κ1) is 13.8. The molecule has 1 aliphatic rings. The van der Waals surface area contributed by atoms with Crippen LogP contribution in [0.3, 0.4) is 0 Å². The lowest BCUT2D eigenvalue weighted by Gasteiger charge is -2.36. The van der Waals surface area contributed by atoms with Gasteiger partial charge in [-0.05, 0) is 43.0 Å². The van der Waals surface area contributed by atoms with E-state index in [1.165, 1.54) is 12.1 Å². The molecule has 5 heteroatoms. The van der Waals surface area contributed by atoms with E-state index in [0.717, 1.165) is 13.0 Å². The van der Waals surface area contributed by atoms with Gasteiger partial charge in [0.15, 0.2) is 0 Å². The molecule has 2 atom stereocenters. The zero-order valence-corrected chi connectivity index (χ0v) is 11.1. The number of halogens is 1. The van der Waals surface area contributed by atoms with Gasteiger partial charge >= 0.3 is 6.03 Å². The lowest BCUT2D eigenvalue weighted by atomic mass is 9.87. The second kappa shape index (κ2) is 6.02. The molecular weight excluding hydrogens is 245 g/mol. The SMILES string of the molecule is CC1CCN(C(=O)Nc2cccc(F)c2)CC1CN. The summed E-state index contributed by atoms with van der Waals surface area (Å²) in [6, 6.07) is 5.73. The molecule has 0 radical (unpaired) electrons. The number of hydrogen-bond donors (Lipinski definition) is 2. The van der Waals surface area contributed by atoms with Crippen LogP contribution in [0.1, 0.15) is 13.3 Å². The number of nitrogens with two attached hydrogens (primary N) is 1. The fourth-order valence-electron chi connectivity index (χ4n) is 2.41. The highest BCUT2D eigenvalue weighted by Gasteiger charge is 2.27. The normalized spacial score (nSPS) is 23.2. The zero-order valence-electron chi connectivity index (χ0n) is 11.1. The van der Waals surface area contributed by atoms with Gasteiger partial charge in [-0.1, -0.05) is 13.0 Å². The number of likely N-dealkylation sites (tertiary alicyclic amines) is 1. The molecule has 0 aliphatic carbocycles. The average Bonchev–Trinajstić information content (AvgIpc) is 2.39. The molecule has 0 aromatic heterocycles. The van der Waals surface area contributed by atoms with E-state index in [2.05, 4.69) is 12.2 Å². The number of nitrogens with zero attached hydrogens (tertiary/aromatic N) is 1. The molecule has 0 spiro atoms. The number of hydrogen-bond acceptors (Lipinski definition) is 2. The summed E-state index contributed by atoms with van der Waals surface area (Å²) in [7, 11) is 0. The Kier molecular flexibility index (Phi) is 4.37. The standard InChI is InChI=1S/C14H20FN3O/c1-10-5-6-18(9-11(10)8-16)14(19)17-13-4-2-3-12(15)7-13/h2-4,7,10-11H,5-6,8-9,16H2,1H3,(H,17,19). The Morgan fingerprint density at radius 3 is 3.05 bits per heavy atom. The van der Waals surface area contributed by atoms with Gasteiger partial charge < -0.3 is 16.0 Å². The highest BCUT2D eigenvalue weighted by Crippen LogP contribution is 2.22. The van der Waals surface area contributed by atoms with Gasteiger partial charge in [0.25, 0.3) is 0 Å². The molecule has 1 aliphatic heterocycles. The van der Waals surface area contributed by atoms with Gasteiger partial charge in [-0.2, -0.15) is 0 Å². The van der Waals surface area contributed by atoms with Crippen molar-refractivity contribution in [2.75, 3.05) is 25.0 Å². The lowest BCUT2D eigenvalue weighted by Crippen LogP contribution is -2.47. The molecule has 3 N–H and O–H groups in total. The first-order valence-electron chi connectivity index (χ1n) is 6.61. The molecule has 2 unspecified atom stereocenters. The smallest absolute Gasteiger partial charge is 0.321 e. The Balaban J connectivity index is 1.97. The van der Waals surface area contributed by atoms with Crippen LogP contribution in [0.25, 0.3) is 0 Å². The number of urea groups is 1. The largest absolute Gasteiger partial charge is 0.330 e. The van der Waals surface area contributed by atoms with Crippen molar-refractivity contribution in [1.29, 1.82) is 0 Å². The molecule has 19 heavy (non-hydrogen) atoms. The molecule has 1 aromatic rings. The number of anilines is 1. The van der Waals surface area contributed by atoms with Gasteiger partial charge in [0.1, 0.15) is 5.82 Å². The maximum atomic E-state index is 13.0. The van der Waals surface area contributed by atoms with Crippen molar-refractivity contribution in [2.45, 2.75) is 13.3 Å². The first-order valence-corrected chi connectivity index (χ1v) is 6.61. The van der Waals surface area contributed by atoms with E-state index in [9.17, 15) is 9.18 Å². The van der Waals surface area contributed by atoms with E-state index >= 15 is 0 Å². The molecule has 0 bridgehead atoms. The summed E-state index contributed by atoms with van der Waals surface area (Å²) in [6.45, 7) is 4.14. The lowest BCUT2D eigenvalue weighted by molar-refractivity contribution is 0.149. The van der Waals surface area contributed by atoms with Crippen molar-refractivity contribution in [1.82, 2.24) is 4.90 Å². The minimum absolute atomic E-state index is 0.184. The number of piperidine rings is 1. The fourth-order valence-corrected chi connectivity index (χ4v) is 2.41. The number of nitrogens with one attached hydrogen (secondary N) is 1. The monoisotopic (exact) mass is 265 g/mol. The summed E-state index contributed by atoms with van der Waals surface area (Å²) < 4.78 is 13.0. The fraction of sp³-hybridized carbons (Fsp3) is 0.500. The molecule has 4 nitrogen and oxygen atoms in total. The molecular formula is C14H20FN3O. The summed E-state index contributed by atoms with van der Waals surface area (Å²) in [4.78, 5) is 13.9. The van der Waals surface area contributed by atoms with E-state index in [0.29, 0.717) is 30.6 Å². The van der Waals surface area contributed by atoms with E-state index in [4.69, 9.17) is 5.73 Å². The van der Waals surface area contributed by atoms with Crippen LogP contribution >= 0.6 is 0 Å². The van der Waals surface area contributed by atoms with Crippen molar-refractivity contribution >= 4 is 11.7 Å². The van der Waals surface area contributed by atoms with Gasteiger partial charge in [-0.15, -0.1) is 0 Å². The van der Waals surface area contributed by atoms with Crippen LogP contribution in [0.15, 0.2) is 24.3 Å². The van der Waals surface area contributed by atoms with Crippen LogP contribution in [0.5, 0.6) is 0 Å². The summed E-state index contributed by atoms with van der Waals surface area (Å²) in [5.41, 5.74) is 6.20. The maximum Gasteiger partial charge on any atom is 0.321 e. The van der Waals surface area contributed by atoms with E-state index in [1.807, 2.05) is 0 Å². The van der Waals surface area contributed by atoms with Crippen molar-refractivity contribution in [3.8, 4) is 0 Å². The van der Waals surface area contributed by atoms with Crippen molar-refractivity contribution in [2.24, 2.45) is 17.6 Å². The van der Waals surface area contributed by atoms with E-state index < -0.39 is 0 Å². The molecule has 2 rings (SSSR count). The van der Waals surface area contributed by atoms with E-state index in [1.54, 1.807) is 17.0 Å². The van der Waals surface area contributed by atoms with Gasteiger partial charge in [-0.3, -0.25) is 0 Å². The number of rotatable bonds is 2. The molecule has 0 saturated carbocycles. The summed E-state index contributed by atoms with van der Waals surface area (Å²) >= 11 is 0. The Labute approximate surface area is 112 Å². The predicted octanol–water partition coefficient (Wildman–Crippen LogP) is 2.27. The highest BCUT2D eigenvalue weighted by atomic mass is 19.1. The van der Waals surface area contributed by atoms with Crippen LogP contribution in [-0.4, -0.2) is 30.6 Å². The number of carbonyl (C=O) groups is 1. The molecule has 1 aromatic carbocycles. The number of amides is 2. The molecule has 2 amide bonds. The summed E-state index contributed by atoms with van der Waals surface area (Å²) in [5, 5.41) is 2.72. The predicted molar refractivity (Wildman–Crippen MR) is 73.3 cm³/mol. The topological polar surface area (TPSA) is 58.4 Å². The maximum absolute atomic E-state index is 13.0. The van der Waals surface area contributed by atoms with Crippen LogP contribution in [0, 0.1) is 17.7 Å². The van der Waals surface area contributed by atoms with Crippen LogP contribution < -0.4 is 11.1 Å². The highest BCUT2D eigenvalue weighted by molar-refractivity contribution is 5.89. The van der Waals surface area contributed by atoms with Crippen LogP contribution in [0.4, 0.5) is 14.9 Å². The Hall–Kier alpha value is -1.62. The third-order valence-corrected chi connectivity index (χ3v) is 3.78. The average molecular weight is 265 g/mol. The van der Waals surface area contributed by atoms with Gasteiger partial charge in [0.05, 0.1) is 0 Å². The van der Waals surface area contributed by atoms with Crippen LogP contribution in [0.2, 0.25) is 0 Å². The number of carbonyl (C=O) groups excluding carboxylic acids is 1. The first-order chi connectivity index (χ1) is 9.10. The quantitative estimate of drug-likeness (QED) is 0.862. The van der Waals surface area contributed by atoms with Crippen molar-refractivity contribution in [3.05, 3.63) is 30.1 Å². The Bertz CT molecular complexity index is 452. The second-order valence-corrected chi connectivity index (χ2v) is 5.15. The van der Waals surface area contributed by atoms with Crippen LogP contribution in [-0.2, 0) is 0 Å². The molecule has 104 valence electrons. The summed E-state index contributed by atoms with van der Waals surface area (Å²) in [5.74, 6) is 0.528. The Morgan fingerprint density at radius 1 is 1.58 bits per heavy atom. The minimum atomic E-state index is -0.357. The second-order valence-electron chi connectivity index (χ2n) is 5.15. The summed E-state index contributed by atoms with van der Waals surface area (Å²) in [6.07, 6.45) is 0.957. The number of benzene rings is 1. The third kappa shape index (κ3) is 3.44. The Morgan fingerprint density at radius 2 is 2.37 bits per heavy atom. The van der Waals surface area contributed by atoms with Gasteiger partial charge in [0, 0.05) is 18.8 Å². The molecule has 1 saturated heterocycles. The van der Waals surface area contributed by atoms with Gasteiger partial charge in [0.2, 0.25) is 0 Å². The molecule has 1 fully saturated rings. The van der Waals surface area contributed by atoms with Crippen molar-refractivity contribution < 1.29 is 9.18 Å². The van der Waals surface area contributed by atoms with Gasteiger partial charge in [-0.25, -0.2) is 9.18 Å². The zero-order chi connectivity index (χ0) is 13.8. The minimum Gasteiger partial charge on any atom is -0.330 e. The molecule has 1 heterocycles.